The van der Waals surface area contributed by atoms with Gasteiger partial charge in [0.1, 0.15) is 5.82 Å². The smallest absolute Gasteiger partial charge is 0.190 e. The van der Waals surface area contributed by atoms with E-state index in [9.17, 15) is 0 Å². The molecular weight excluding hydrogens is 294 g/mol. The zero-order chi connectivity index (χ0) is 15.4. The summed E-state index contributed by atoms with van der Waals surface area (Å²) in [4.78, 5) is 6.60. The van der Waals surface area contributed by atoms with Crippen molar-refractivity contribution in [2.75, 3.05) is 18.8 Å². The van der Waals surface area contributed by atoms with E-state index < -0.39 is 0 Å². The summed E-state index contributed by atoms with van der Waals surface area (Å²) in [7, 11) is 2.09. The van der Waals surface area contributed by atoms with Crippen LogP contribution in [-0.2, 0) is 13.6 Å². The number of thioether (sulfide) groups is 1. The highest BCUT2D eigenvalue weighted by molar-refractivity contribution is 7.99. The van der Waals surface area contributed by atoms with E-state index >= 15 is 0 Å². The minimum atomic E-state index is 0.539. The van der Waals surface area contributed by atoms with Gasteiger partial charge in [0, 0.05) is 31.9 Å². The van der Waals surface area contributed by atoms with E-state index in [1.54, 1.807) is 11.8 Å². The molecule has 0 atom stereocenters. The fourth-order valence-electron chi connectivity index (χ4n) is 3.03. The van der Waals surface area contributed by atoms with Gasteiger partial charge in [-0.15, -0.1) is 10.2 Å². The number of rotatable bonds is 5. The van der Waals surface area contributed by atoms with Gasteiger partial charge in [0.05, 0.1) is 0 Å². The maximum atomic E-state index is 4.43. The number of nitrogens with zero attached hydrogens (tertiary/aromatic N) is 5. The van der Waals surface area contributed by atoms with E-state index in [2.05, 4.69) is 50.8 Å². The van der Waals surface area contributed by atoms with Gasteiger partial charge in [-0.1, -0.05) is 18.7 Å². The molecule has 1 saturated heterocycles. The summed E-state index contributed by atoms with van der Waals surface area (Å²) in [6.45, 7) is 5.41. The topological polar surface area (TPSA) is 46.8 Å². The van der Waals surface area contributed by atoms with Crippen molar-refractivity contribution in [1.29, 1.82) is 0 Å². The number of hydrogen-bond acceptors (Lipinski definition) is 5. The third kappa shape index (κ3) is 3.50. The molecule has 2 aromatic heterocycles. The van der Waals surface area contributed by atoms with Crippen LogP contribution >= 0.6 is 11.8 Å². The maximum Gasteiger partial charge on any atom is 0.190 e. The lowest BCUT2D eigenvalue weighted by Crippen LogP contribution is -2.33. The lowest BCUT2D eigenvalue weighted by atomic mass is 9.95. The average molecular weight is 317 g/mol. The molecule has 1 aliphatic heterocycles. The maximum absolute atomic E-state index is 4.43. The number of likely N-dealkylation sites (tertiary alicyclic amines) is 1. The number of hydrogen-bond donors (Lipinski definition) is 0. The Balaban J connectivity index is 1.57. The van der Waals surface area contributed by atoms with Crippen LogP contribution in [0.1, 0.15) is 37.1 Å². The van der Waals surface area contributed by atoms with E-state index in [1.807, 2.05) is 12.4 Å². The van der Waals surface area contributed by atoms with Crippen molar-refractivity contribution in [1.82, 2.24) is 24.6 Å². The highest BCUT2D eigenvalue weighted by atomic mass is 32.2. The Morgan fingerprint density at radius 3 is 2.59 bits per heavy atom. The number of aromatic nitrogens is 4. The second kappa shape index (κ2) is 7.24. The molecule has 0 unspecified atom stereocenters. The van der Waals surface area contributed by atoms with Crippen LogP contribution in [-0.4, -0.2) is 43.5 Å². The standard InChI is InChI=1S/C16H23N5S/c1-3-22-16-19-18-15(20(16)2)14-6-10-21(11-7-14)12-13-4-8-17-9-5-13/h4-5,8-9,14H,3,6-7,10-12H2,1-2H3. The normalized spacial score (nSPS) is 17.0. The summed E-state index contributed by atoms with van der Waals surface area (Å²) in [6, 6.07) is 4.20. The third-order valence-electron chi connectivity index (χ3n) is 4.25. The summed E-state index contributed by atoms with van der Waals surface area (Å²) in [5, 5.41) is 9.79. The predicted molar refractivity (Wildman–Crippen MR) is 88.9 cm³/mol. The Hall–Kier alpha value is -1.40. The predicted octanol–water partition coefficient (Wildman–Crippen LogP) is 2.70. The summed E-state index contributed by atoms with van der Waals surface area (Å²) in [6.07, 6.45) is 6.06. The summed E-state index contributed by atoms with van der Waals surface area (Å²) in [5.41, 5.74) is 1.34. The largest absolute Gasteiger partial charge is 0.309 e. The highest BCUT2D eigenvalue weighted by Gasteiger charge is 2.25. The molecule has 5 nitrogen and oxygen atoms in total. The van der Waals surface area contributed by atoms with E-state index in [0.717, 1.165) is 49.2 Å². The van der Waals surface area contributed by atoms with Gasteiger partial charge in [-0.3, -0.25) is 9.88 Å². The molecule has 0 saturated carbocycles. The second-order valence-corrected chi connectivity index (χ2v) is 6.97. The molecule has 0 N–H and O–H groups in total. The van der Waals surface area contributed by atoms with Crippen LogP contribution in [0.5, 0.6) is 0 Å². The van der Waals surface area contributed by atoms with Gasteiger partial charge in [-0.2, -0.15) is 0 Å². The SMILES string of the molecule is CCSc1nnc(C2CCN(Cc3ccncc3)CC2)n1C. The Kier molecular flexibility index (Phi) is 5.10. The summed E-state index contributed by atoms with van der Waals surface area (Å²) in [5.74, 6) is 2.73. The minimum absolute atomic E-state index is 0.539. The van der Waals surface area contributed by atoms with Gasteiger partial charge in [-0.25, -0.2) is 0 Å². The van der Waals surface area contributed by atoms with E-state index in [0.29, 0.717) is 5.92 Å². The first kappa shape index (κ1) is 15.5. The van der Waals surface area contributed by atoms with E-state index in [1.165, 1.54) is 5.56 Å². The van der Waals surface area contributed by atoms with Crippen LogP contribution < -0.4 is 0 Å². The van der Waals surface area contributed by atoms with Crippen LogP contribution in [0.25, 0.3) is 0 Å². The Bertz CT molecular complexity index is 590. The molecule has 0 aliphatic carbocycles. The van der Waals surface area contributed by atoms with Crippen molar-refractivity contribution in [3.63, 3.8) is 0 Å². The van der Waals surface area contributed by atoms with Crippen molar-refractivity contribution in [2.45, 2.75) is 37.4 Å². The van der Waals surface area contributed by atoms with Crippen molar-refractivity contribution in [3.05, 3.63) is 35.9 Å². The fourth-order valence-corrected chi connectivity index (χ4v) is 3.68. The average Bonchev–Trinajstić information content (AvgIpc) is 2.91. The lowest BCUT2D eigenvalue weighted by molar-refractivity contribution is 0.200. The molecule has 3 rings (SSSR count). The second-order valence-electron chi connectivity index (χ2n) is 5.74. The van der Waals surface area contributed by atoms with Gasteiger partial charge < -0.3 is 4.57 Å². The van der Waals surface area contributed by atoms with Crippen molar-refractivity contribution in [2.24, 2.45) is 7.05 Å². The Labute approximate surface area is 136 Å². The van der Waals surface area contributed by atoms with Gasteiger partial charge >= 0.3 is 0 Å². The first-order chi connectivity index (χ1) is 10.8. The first-order valence-corrected chi connectivity index (χ1v) is 8.89. The molecule has 1 aliphatic rings. The van der Waals surface area contributed by atoms with Crippen molar-refractivity contribution >= 4 is 11.8 Å². The molecule has 0 radical (unpaired) electrons. The quantitative estimate of drug-likeness (QED) is 0.794. The number of piperidine rings is 1. The van der Waals surface area contributed by atoms with Gasteiger partial charge in [0.25, 0.3) is 0 Å². The van der Waals surface area contributed by atoms with Crippen LogP contribution in [0.2, 0.25) is 0 Å². The molecule has 118 valence electrons. The van der Waals surface area contributed by atoms with Crippen molar-refractivity contribution < 1.29 is 0 Å². The zero-order valence-corrected chi connectivity index (χ0v) is 14.1. The molecule has 3 heterocycles. The van der Waals surface area contributed by atoms with Crippen LogP contribution in [0.3, 0.4) is 0 Å². The molecule has 1 fully saturated rings. The first-order valence-electron chi connectivity index (χ1n) is 7.91. The molecule has 0 aromatic carbocycles. The molecule has 2 aromatic rings. The summed E-state index contributed by atoms with van der Waals surface area (Å²) >= 11 is 1.76. The monoisotopic (exact) mass is 317 g/mol. The Morgan fingerprint density at radius 2 is 1.91 bits per heavy atom. The minimum Gasteiger partial charge on any atom is -0.309 e. The van der Waals surface area contributed by atoms with Crippen LogP contribution in [0, 0.1) is 0 Å². The molecule has 6 heteroatoms. The Morgan fingerprint density at radius 1 is 1.18 bits per heavy atom. The summed E-state index contributed by atoms with van der Waals surface area (Å²) < 4.78 is 2.18. The molecule has 0 spiro atoms. The van der Waals surface area contributed by atoms with Gasteiger partial charge in [0.2, 0.25) is 0 Å². The zero-order valence-electron chi connectivity index (χ0n) is 13.3. The fraction of sp³-hybridized carbons (Fsp3) is 0.562. The number of pyridine rings is 1. The molecule has 22 heavy (non-hydrogen) atoms. The lowest BCUT2D eigenvalue weighted by Gasteiger charge is -2.31. The van der Waals surface area contributed by atoms with Gasteiger partial charge in [0.15, 0.2) is 5.16 Å². The molecule has 0 amide bonds. The molecule has 0 bridgehead atoms. The van der Waals surface area contributed by atoms with Crippen LogP contribution in [0.15, 0.2) is 29.7 Å². The third-order valence-corrected chi connectivity index (χ3v) is 5.15. The van der Waals surface area contributed by atoms with E-state index in [-0.39, 0.29) is 0 Å². The molecular formula is C16H23N5S. The van der Waals surface area contributed by atoms with Crippen molar-refractivity contribution in [3.8, 4) is 0 Å². The van der Waals surface area contributed by atoms with E-state index in [4.69, 9.17) is 0 Å². The van der Waals surface area contributed by atoms with Crippen LogP contribution in [0.4, 0.5) is 0 Å². The highest BCUT2D eigenvalue weighted by Crippen LogP contribution is 2.29. The van der Waals surface area contributed by atoms with Gasteiger partial charge in [-0.05, 0) is 49.4 Å².